The molecule has 3 rings (SSSR count). The van der Waals surface area contributed by atoms with Gasteiger partial charge in [-0.25, -0.2) is 14.4 Å². The first kappa shape index (κ1) is 29.1. The number of rotatable bonds is 6. The summed E-state index contributed by atoms with van der Waals surface area (Å²) >= 11 is 13.3. The minimum atomic E-state index is -0.837. The van der Waals surface area contributed by atoms with Crippen molar-refractivity contribution in [3.8, 4) is 0 Å². The molecule has 3 aliphatic rings. The van der Waals surface area contributed by atoms with Gasteiger partial charge in [-0.15, -0.1) is 0 Å². The lowest BCUT2D eigenvalue weighted by atomic mass is 9.75. The Morgan fingerprint density at radius 3 is 2.22 bits per heavy atom. The summed E-state index contributed by atoms with van der Waals surface area (Å²) in [5, 5.41) is 13.5. The zero-order valence-corrected chi connectivity index (χ0v) is 24.4. The molecule has 3 heterocycles. The van der Waals surface area contributed by atoms with Crippen LogP contribution >= 0.6 is 23.2 Å². The minimum Gasteiger partial charge on any atom is -0.370 e. The standard InChI is InChI=1S/C25H40Cl2FN9/c1-23(2,3)18-15(27)13(33-20(29)35-18)9-25(6,7)19-16(28)14(34-21(30)36-19)10-24(4,5)17-12(26)11-32-22(31-8)37-17/h11,17-19H,9-10H2,1-8H3,(H3,29,33,35)(H3,30,34,36)(H2,31,32,37). The Balaban J connectivity index is 1.91. The molecule has 9 nitrogen and oxygen atoms in total. The minimum absolute atomic E-state index is 0.155. The quantitative estimate of drug-likeness (QED) is 0.295. The van der Waals surface area contributed by atoms with Crippen molar-refractivity contribution >= 4 is 41.1 Å². The molecule has 37 heavy (non-hydrogen) atoms. The summed E-state index contributed by atoms with van der Waals surface area (Å²) in [6.07, 6.45) is 2.37. The number of guanidine groups is 3. The Morgan fingerprint density at radius 1 is 0.973 bits per heavy atom. The highest BCUT2D eigenvalue weighted by molar-refractivity contribution is 6.31. The van der Waals surface area contributed by atoms with Crippen LogP contribution in [0.5, 0.6) is 0 Å². The highest BCUT2D eigenvalue weighted by Crippen LogP contribution is 2.43. The van der Waals surface area contributed by atoms with Gasteiger partial charge < -0.3 is 32.7 Å². The molecule has 3 aliphatic heterocycles. The molecule has 0 radical (unpaired) electrons. The summed E-state index contributed by atoms with van der Waals surface area (Å²) in [4.78, 5) is 13.1. The summed E-state index contributed by atoms with van der Waals surface area (Å²) in [7, 11) is 1.67. The van der Waals surface area contributed by atoms with E-state index in [0.717, 1.165) is 0 Å². The van der Waals surface area contributed by atoms with E-state index >= 15 is 4.39 Å². The van der Waals surface area contributed by atoms with Gasteiger partial charge in [0.1, 0.15) is 11.9 Å². The van der Waals surface area contributed by atoms with Crippen LogP contribution in [-0.2, 0) is 0 Å². The van der Waals surface area contributed by atoms with Crippen molar-refractivity contribution in [2.75, 3.05) is 7.05 Å². The molecule has 0 saturated heterocycles. The predicted molar refractivity (Wildman–Crippen MR) is 152 cm³/mol. The van der Waals surface area contributed by atoms with E-state index in [4.69, 9.17) is 34.7 Å². The molecule has 0 fully saturated rings. The normalized spacial score (nSPS) is 26.5. The lowest BCUT2D eigenvalue weighted by Crippen LogP contribution is -2.53. The first-order valence-corrected chi connectivity index (χ1v) is 13.1. The average molecular weight is 557 g/mol. The zero-order chi connectivity index (χ0) is 27.9. The van der Waals surface area contributed by atoms with Gasteiger partial charge in [0.2, 0.25) is 0 Å². The SMILES string of the molecule is CN=C1NC=C(Cl)C(C(C)(C)CC2=C(F)C(C(C)(C)CC3=C(Cl)C(C(C)(C)C)NC(N)=N3)N=C(N)N2)N1. The molecule has 0 spiro atoms. The maximum Gasteiger partial charge on any atom is 0.195 e. The predicted octanol–water partition coefficient (Wildman–Crippen LogP) is 3.70. The van der Waals surface area contributed by atoms with Crippen LogP contribution in [0.15, 0.2) is 48.5 Å². The summed E-state index contributed by atoms with van der Waals surface area (Å²) < 4.78 is 16.1. The molecular formula is C25H40Cl2FN9. The van der Waals surface area contributed by atoms with Gasteiger partial charge in [0.25, 0.3) is 0 Å². The van der Waals surface area contributed by atoms with Crippen LogP contribution < -0.4 is 32.7 Å². The molecule has 0 bridgehead atoms. The maximum atomic E-state index is 16.1. The number of nitrogens with two attached hydrogens (primary N) is 2. The van der Waals surface area contributed by atoms with Gasteiger partial charge in [-0.1, -0.05) is 71.7 Å². The summed E-state index contributed by atoms with van der Waals surface area (Å²) in [6, 6.07) is -1.33. The fourth-order valence-corrected chi connectivity index (χ4v) is 5.73. The Morgan fingerprint density at radius 2 is 1.62 bits per heavy atom. The van der Waals surface area contributed by atoms with Crippen LogP contribution in [0.4, 0.5) is 4.39 Å². The molecule has 0 aromatic rings. The van der Waals surface area contributed by atoms with E-state index in [9.17, 15) is 0 Å². The van der Waals surface area contributed by atoms with Gasteiger partial charge in [-0.3, -0.25) is 4.99 Å². The number of hydrogen-bond acceptors (Lipinski definition) is 7. The lowest BCUT2D eigenvalue weighted by molar-refractivity contribution is 0.255. The van der Waals surface area contributed by atoms with Gasteiger partial charge in [0.05, 0.1) is 33.5 Å². The number of nitrogens with zero attached hydrogens (tertiary/aromatic N) is 3. The molecule has 0 aromatic carbocycles. The van der Waals surface area contributed by atoms with Crippen molar-refractivity contribution in [1.29, 1.82) is 0 Å². The van der Waals surface area contributed by atoms with Crippen LogP contribution in [0.2, 0.25) is 0 Å². The highest BCUT2D eigenvalue weighted by Gasteiger charge is 2.43. The first-order chi connectivity index (χ1) is 17.0. The number of aliphatic imine (C=N–C) groups is 3. The van der Waals surface area contributed by atoms with Gasteiger partial charge >= 0.3 is 0 Å². The van der Waals surface area contributed by atoms with Crippen molar-refractivity contribution in [2.45, 2.75) is 79.4 Å². The summed E-state index contributed by atoms with van der Waals surface area (Å²) in [5.74, 6) is 0.660. The lowest BCUT2D eigenvalue weighted by Gasteiger charge is -2.40. The van der Waals surface area contributed by atoms with Crippen molar-refractivity contribution in [3.63, 3.8) is 0 Å². The Labute approximate surface area is 229 Å². The highest BCUT2D eigenvalue weighted by atomic mass is 35.5. The van der Waals surface area contributed by atoms with Crippen LogP contribution in [0, 0.1) is 16.2 Å². The van der Waals surface area contributed by atoms with Gasteiger partial charge in [-0.2, -0.15) is 0 Å². The Hall–Kier alpha value is -2.46. The van der Waals surface area contributed by atoms with E-state index in [-0.39, 0.29) is 35.2 Å². The van der Waals surface area contributed by atoms with Crippen LogP contribution in [0.3, 0.4) is 0 Å². The average Bonchev–Trinajstić information content (AvgIpc) is 2.77. The van der Waals surface area contributed by atoms with Crippen LogP contribution in [0.1, 0.15) is 61.3 Å². The third-order valence-corrected chi connectivity index (χ3v) is 7.69. The van der Waals surface area contributed by atoms with E-state index in [1.54, 1.807) is 13.2 Å². The fraction of sp³-hybridized carbons (Fsp3) is 0.640. The molecule has 0 aromatic heterocycles. The van der Waals surface area contributed by atoms with Gasteiger partial charge in [-0.05, 0) is 29.1 Å². The Kier molecular flexibility index (Phi) is 8.15. The second kappa shape index (κ2) is 10.4. The molecule has 3 unspecified atom stereocenters. The largest absolute Gasteiger partial charge is 0.370 e. The Bertz CT molecular complexity index is 1110. The fourth-order valence-electron chi connectivity index (χ4n) is 4.84. The van der Waals surface area contributed by atoms with E-state index in [1.165, 1.54) is 0 Å². The topological polar surface area (TPSA) is 137 Å². The van der Waals surface area contributed by atoms with E-state index in [0.29, 0.717) is 40.3 Å². The third kappa shape index (κ3) is 6.34. The van der Waals surface area contributed by atoms with Crippen molar-refractivity contribution in [1.82, 2.24) is 21.3 Å². The van der Waals surface area contributed by atoms with E-state index in [2.05, 4.69) is 57.0 Å². The monoisotopic (exact) mass is 555 g/mol. The smallest absolute Gasteiger partial charge is 0.195 e. The first-order valence-electron chi connectivity index (χ1n) is 12.3. The molecule has 206 valence electrons. The van der Waals surface area contributed by atoms with Gasteiger partial charge in [0.15, 0.2) is 17.9 Å². The second-order valence-corrected chi connectivity index (χ2v) is 13.1. The molecule has 0 amide bonds. The van der Waals surface area contributed by atoms with Crippen molar-refractivity contribution in [2.24, 2.45) is 42.7 Å². The van der Waals surface area contributed by atoms with Crippen LogP contribution in [-0.4, -0.2) is 43.1 Å². The maximum absolute atomic E-state index is 16.1. The van der Waals surface area contributed by atoms with Crippen LogP contribution in [0.25, 0.3) is 0 Å². The molecule has 0 saturated carbocycles. The summed E-state index contributed by atoms with van der Waals surface area (Å²) in [5.41, 5.74) is 11.8. The van der Waals surface area contributed by atoms with E-state index < -0.39 is 16.9 Å². The summed E-state index contributed by atoms with van der Waals surface area (Å²) in [6.45, 7) is 14.1. The molecule has 8 N–H and O–H groups in total. The molecule has 12 heteroatoms. The molecule has 0 aliphatic carbocycles. The number of nitrogens with one attached hydrogen (secondary N) is 4. The number of allylic oxidation sites excluding steroid dienone is 2. The molecule has 3 atom stereocenters. The zero-order valence-electron chi connectivity index (χ0n) is 22.9. The number of halogens is 3. The number of hydrogen-bond donors (Lipinski definition) is 6. The molecular weight excluding hydrogens is 516 g/mol. The van der Waals surface area contributed by atoms with Gasteiger partial charge in [0, 0.05) is 13.2 Å². The van der Waals surface area contributed by atoms with Crippen molar-refractivity contribution in [3.05, 3.63) is 33.5 Å². The third-order valence-electron chi connectivity index (χ3n) is 6.92. The second-order valence-electron chi connectivity index (χ2n) is 12.3. The van der Waals surface area contributed by atoms with E-state index in [1.807, 2.05) is 27.7 Å². The van der Waals surface area contributed by atoms with Crippen molar-refractivity contribution < 1.29 is 4.39 Å².